The molecule has 5 heteroatoms. The molecule has 0 aliphatic heterocycles. The molecule has 0 radical (unpaired) electrons. The molecule has 2 aromatic rings. The van der Waals surface area contributed by atoms with Crippen LogP contribution in [0.25, 0.3) is 0 Å². The number of halogens is 1. The van der Waals surface area contributed by atoms with E-state index in [1.54, 1.807) is 0 Å². The van der Waals surface area contributed by atoms with Crippen molar-refractivity contribution in [3.05, 3.63) is 46.0 Å². The van der Waals surface area contributed by atoms with Gasteiger partial charge in [-0.15, -0.1) is 0 Å². The van der Waals surface area contributed by atoms with Gasteiger partial charge in [-0.1, -0.05) is 22.9 Å². The second-order valence-electron chi connectivity index (χ2n) is 4.78. The van der Waals surface area contributed by atoms with Gasteiger partial charge in [-0.3, -0.25) is 0 Å². The average molecular weight is 338 g/mol. The molecule has 0 saturated carbocycles. The van der Waals surface area contributed by atoms with Crippen LogP contribution in [0.4, 0.5) is 0 Å². The van der Waals surface area contributed by atoms with Gasteiger partial charge in [-0.05, 0) is 31.0 Å². The number of hydrogen-bond acceptors (Lipinski definition) is 3. The highest BCUT2D eigenvalue weighted by atomic mass is 79.9. The van der Waals surface area contributed by atoms with Crippen LogP contribution in [0.2, 0.25) is 0 Å². The largest absolute Gasteiger partial charge is 0.487 e. The number of rotatable bonds is 6. The molecule has 20 heavy (non-hydrogen) atoms. The molecular formula is C15H20BrN3O. The third-order valence-corrected chi connectivity index (χ3v) is 3.62. The number of aromatic nitrogens is 2. The molecule has 0 saturated heterocycles. The van der Waals surface area contributed by atoms with Crippen LogP contribution >= 0.6 is 15.9 Å². The molecule has 2 N–H and O–H groups in total. The van der Waals surface area contributed by atoms with Crippen LogP contribution in [0, 0.1) is 6.92 Å². The topological polar surface area (TPSA) is 53.1 Å². The normalized spacial score (nSPS) is 10.8. The predicted octanol–water partition coefficient (Wildman–Crippen LogP) is 3.40. The third-order valence-electron chi connectivity index (χ3n) is 3.16. The molecule has 0 amide bonds. The number of ether oxygens (including phenoxy) is 1. The van der Waals surface area contributed by atoms with E-state index in [4.69, 9.17) is 10.5 Å². The molecule has 108 valence electrons. The van der Waals surface area contributed by atoms with Gasteiger partial charge in [0.15, 0.2) is 0 Å². The summed E-state index contributed by atoms with van der Waals surface area (Å²) in [7, 11) is 0. The summed E-state index contributed by atoms with van der Waals surface area (Å²) in [5.74, 6) is 0.875. The van der Waals surface area contributed by atoms with Gasteiger partial charge in [0.05, 0.1) is 18.2 Å². The summed E-state index contributed by atoms with van der Waals surface area (Å²) in [6, 6.07) is 4.05. The van der Waals surface area contributed by atoms with Gasteiger partial charge >= 0.3 is 0 Å². The Morgan fingerprint density at radius 1 is 1.40 bits per heavy atom. The fourth-order valence-corrected chi connectivity index (χ4v) is 2.83. The SMILES string of the molecule is CCCn1cncc1COc1c(C)cc(Br)cc1CN. The van der Waals surface area contributed by atoms with Crippen LogP contribution in [0.1, 0.15) is 30.2 Å². The second kappa shape index (κ2) is 6.90. The lowest BCUT2D eigenvalue weighted by Gasteiger charge is -2.15. The number of imidazole rings is 1. The standard InChI is InChI=1S/C15H20BrN3O/c1-3-4-19-10-18-8-14(19)9-20-15-11(2)5-13(16)6-12(15)7-17/h5-6,8,10H,3-4,7,9,17H2,1-2H3. The fourth-order valence-electron chi connectivity index (χ4n) is 2.21. The summed E-state index contributed by atoms with van der Waals surface area (Å²) in [5.41, 5.74) is 8.97. The highest BCUT2D eigenvalue weighted by Gasteiger charge is 2.09. The van der Waals surface area contributed by atoms with Crippen molar-refractivity contribution in [2.45, 2.75) is 40.0 Å². The lowest BCUT2D eigenvalue weighted by molar-refractivity contribution is 0.289. The van der Waals surface area contributed by atoms with Crippen molar-refractivity contribution in [3.63, 3.8) is 0 Å². The van der Waals surface area contributed by atoms with Crippen LogP contribution in [0.15, 0.2) is 29.1 Å². The Morgan fingerprint density at radius 2 is 2.20 bits per heavy atom. The average Bonchev–Trinajstić information content (AvgIpc) is 2.85. The minimum Gasteiger partial charge on any atom is -0.487 e. The lowest BCUT2D eigenvalue weighted by Crippen LogP contribution is -2.08. The summed E-state index contributed by atoms with van der Waals surface area (Å²) >= 11 is 3.48. The number of aryl methyl sites for hydroxylation is 2. The van der Waals surface area contributed by atoms with Crippen molar-refractivity contribution in [2.24, 2.45) is 5.73 Å². The molecule has 1 heterocycles. The Labute approximate surface area is 128 Å². The highest BCUT2D eigenvalue weighted by molar-refractivity contribution is 9.10. The summed E-state index contributed by atoms with van der Waals surface area (Å²) < 4.78 is 9.13. The second-order valence-corrected chi connectivity index (χ2v) is 5.70. The number of benzene rings is 1. The highest BCUT2D eigenvalue weighted by Crippen LogP contribution is 2.28. The van der Waals surface area contributed by atoms with Gasteiger partial charge in [0.25, 0.3) is 0 Å². The summed E-state index contributed by atoms with van der Waals surface area (Å²) in [6.07, 6.45) is 4.78. The Balaban J connectivity index is 2.16. The van der Waals surface area contributed by atoms with Gasteiger partial charge in [-0.25, -0.2) is 4.98 Å². The fraction of sp³-hybridized carbons (Fsp3) is 0.400. The van der Waals surface area contributed by atoms with E-state index >= 15 is 0 Å². The van der Waals surface area contributed by atoms with E-state index in [1.165, 1.54) is 0 Å². The molecule has 1 aromatic carbocycles. The quantitative estimate of drug-likeness (QED) is 0.878. The van der Waals surface area contributed by atoms with Gasteiger partial charge in [-0.2, -0.15) is 0 Å². The van der Waals surface area contributed by atoms with Gasteiger partial charge in [0.1, 0.15) is 12.4 Å². The first kappa shape index (κ1) is 15.1. The molecule has 0 fully saturated rings. The van der Waals surface area contributed by atoms with Crippen molar-refractivity contribution in [1.82, 2.24) is 9.55 Å². The van der Waals surface area contributed by atoms with Crippen LogP contribution in [0.3, 0.4) is 0 Å². The zero-order valence-electron chi connectivity index (χ0n) is 11.9. The zero-order chi connectivity index (χ0) is 14.5. The van der Waals surface area contributed by atoms with Crippen LogP contribution in [-0.4, -0.2) is 9.55 Å². The maximum Gasteiger partial charge on any atom is 0.130 e. The van der Waals surface area contributed by atoms with Crippen molar-refractivity contribution in [2.75, 3.05) is 0 Å². The molecule has 1 aromatic heterocycles. The minimum absolute atomic E-state index is 0.462. The third kappa shape index (κ3) is 3.41. The molecule has 0 bridgehead atoms. The molecule has 0 atom stereocenters. The monoisotopic (exact) mass is 337 g/mol. The molecule has 0 aliphatic rings. The Kier molecular flexibility index (Phi) is 5.20. The maximum absolute atomic E-state index is 5.98. The molecule has 0 unspecified atom stereocenters. The van der Waals surface area contributed by atoms with E-state index in [-0.39, 0.29) is 0 Å². The molecule has 0 aliphatic carbocycles. The van der Waals surface area contributed by atoms with Crippen LogP contribution in [-0.2, 0) is 19.7 Å². The van der Waals surface area contributed by atoms with E-state index in [1.807, 2.05) is 31.6 Å². The Morgan fingerprint density at radius 3 is 2.90 bits per heavy atom. The van der Waals surface area contributed by atoms with E-state index in [0.717, 1.165) is 40.0 Å². The first-order chi connectivity index (χ1) is 9.65. The first-order valence-electron chi connectivity index (χ1n) is 6.76. The number of hydrogen-bond donors (Lipinski definition) is 1. The van der Waals surface area contributed by atoms with E-state index in [9.17, 15) is 0 Å². The Bertz CT molecular complexity index is 580. The van der Waals surface area contributed by atoms with Crippen molar-refractivity contribution in [1.29, 1.82) is 0 Å². The van der Waals surface area contributed by atoms with Crippen LogP contribution < -0.4 is 10.5 Å². The van der Waals surface area contributed by atoms with E-state index in [0.29, 0.717) is 13.2 Å². The number of nitrogens with two attached hydrogens (primary N) is 1. The lowest BCUT2D eigenvalue weighted by atomic mass is 10.1. The van der Waals surface area contributed by atoms with Crippen LogP contribution in [0.5, 0.6) is 5.75 Å². The van der Waals surface area contributed by atoms with Gasteiger partial charge in [0, 0.05) is 23.1 Å². The maximum atomic E-state index is 5.98. The smallest absolute Gasteiger partial charge is 0.130 e. The van der Waals surface area contributed by atoms with Gasteiger partial charge in [0.2, 0.25) is 0 Å². The molecule has 2 rings (SSSR count). The van der Waals surface area contributed by atoms with E-state index in [2.05, 4.69) is 32.4 Å². The number of nitrogens with zero attached hydrogens (tertiary/aromatic N) is 2. The zero-order valence-corrected chi connectivity index (χ0v) is 13.5. The summed E-state index contributed by atoms with van der Waals surface area (Å²) in [6.45, 7) is 6.11. The molecular weight excluding hydrogens is 318 g/mol. The van der Waals surface area contributed by atoms with Crippen molar-refractivity contribution in [3.8, 4) is 5.75 Å². The Hall–Kier alpha value is -1.33. The summed E-state index contributed by atoms with van der Waals surface area (Å²) in [5, 5.41) is 0. The summed E-state index contributed by atoms with van der Waals surface area (Å²) in [4.78, 5) is 4.18. The van der Waals surface area contributed by atoms with Crippen molar-refractivity contribution < 1.29 is 4.74 Å². The minimum atomic E-state index is 0.462. The van der Waals surface area contributed by atoms with Gasteiger partial charge < -0.3 is 15.0 Å². The first-order valence-corrected chi connectivity index (χ1v) is 7.56. The van der Waals surface area contributed by atoms with Crippen molar-refractivity contribution >= 4 is 15.9 Å². The van der Waals surface area contributed by atoms with E-state index < -0.39 is 0 Å². The predicted molar refractivity (Wildman–Crippen MR) is 83.6 cm³/mol. The molecule has 4 nitrogen and oxygen atoms in total. The molecule has 0 spiro atoms.